The normalized spacial score (nSPS) is 9.56. The molecule has 0 aromatic heterocycles. The summed E-state index contributed by atoms with van der Waals surface area (Å²) in [6, 6.07) is 5.95. The molecule has 1 rings (SSSR count). The maximum absolute atomic E-state index is 11.5. The molecular weight excluding hydrogens is 200 g/mol. The second kappa shape index (κ2) is 5.94. The molecule has 0 fully saturated rings. The zero-order valence-corrected chi connectivity index (χ0v) is 9.63. The molecule has 0 aliphatic heterocycles. The van der Waals surface area contributed by atoms with Gasteiger partial charge in [-0.1, -0.05) is 18.1 Å². The third-order valence-electron chi connectivity index (χ3n) is 2.18. The van der Waals surface area contributed by atoms with Crippen molar-refractivity contribution in [1.82, 2.24) is 5.32 Å². The molecule has 0 saturated heterocycles. The van der Waals surface area contributed by atoms with Gasteiger partial charge in [0.15, 0.2) is 0 Å². The fraction of sp³-hybridized carbons (Fsp3) is 0.308. The van der Waals surface area contributed by atoms with Gasteiger partial charge in [-0.3, -0.25) is 10.1 Å². The summed E-state index contributed by atoms with van der Waals surface area (Å²) < 4.78 is 0. The number of hydrogen-bond acceptors (Lipinski definition) is 2. The molecule has 1 amide bonds. The third kappa shape index (κ3) is 3.76. The van der Waals surface area contributed by atoms with E-state index in [0.29, 0.717) is 6.54 Å². The largest absolute Gasteiger partial charge is 0.325 e. The van der Waals surface area contributed by atoms with Crippen LogP contribution in [0.1, 0.15) is 11.1 Å². The predicted octanol–water partition coefficient (Wildman–Crippen LogP) is 1.46. The van der Waals surface area contributed by atoms with E-state index in [1.807, 2.05) is 32.0 Å². The molecule has 0 unspecified atom stereocenters. The molecule has 1 aromatic rings. The monoisotopic (exact) mass is 216 g/mol. The van der Waals surface area contributed by atoms with Gasteiger partial charge in [0.05, 0.1) is 13.1 Å². The minimum absolute atomic E-state index is 0.0797. The smallest absolute Gasteiger partial charge is 0.238 e. The lowest BCUT2D eigenvalue weighted by Crippen LogP contribution is -2.28. The van der Waals surface area contributed by atoms with Crippen molar-refractivity contribution in [3.63, 3.8) is 0 Å². The molecule has 16 heavy (non-hydrogen) atoms. The lowest BCUT2D eigenvalue weighted by Gasteiger charge is -2.09. The van der Waals surface area contributed by atoms with Crippen LogP contribution in [0.4, 0.5) is 5.69 Å². The summed E-state index contributed by atoms with van der Waals surface area (Å²) in [4.78, 5) is 11.5. The quantitative estimate of drug-likeness (QED) is 0.591. The van der Waals surface area contributed by atoms with Gasteiger partial charge in [-0.05, 0) is 31.0 Å². The first-order chi connectivity index (χ1) is 7.63. The molecule has 0 aliphatic rings. The Labute approximate surface area is 96.2 Å². The van der Waals surface area contributed by atoms with Gasteiger partial charge < -0.3 is 5.32 Å². The standard InChI is InChI=1S/C13H16N2O/c1-4-7-14-9-13(16)15-12-8-10(2)5-6-11(12)3/h1,5-6,8,14H,7,9H2,2-3H3,(H,15,16). The first-order valence-electron chi connectivity index (χ1n) is 5.15. The number of aryl methyl sites for hydroxylation is 2. The van der Waals surface area contributed by atoms with Crippen LogP contribution in [0.15, 0.2) is 18.2 Å². The van der Waals surface area contributed by atoms with Crippen LogP contribution >= 0.6 is 0 Å². The number of carbonyl (C=O) groups is 1. The molecule has 2 N–H and O–H groups in total. The maximum atomic E-state index is 11.5. The first-order valence-corrected chi connectivity index (χ1v) is 5.15. The van der Waals surface area contributed by atoms with Crippen LogP contribution < -0.4 is 10.6 Å². The van der Waals surface area contributed by atoms with Crippen molar-refractivity contribution in [2.45, 2.75) is 13.8 Å². The fourth-order valence-electron chi connectivity index (χ4n) is 1.31. The van der Waals surface area contributed by atoms with Gasteiger partial charge in [0.2, 0.25) is 5.91 Å². The Morgan fingerprint density at radius 2 is 2.19 bits per heavy atom. The van der Waals surface area contributed by atoms with Crippen LogP contribution in [-0.2, 0) is 4.79 Å². The summed E-state index contributed by atoms with van der Waals surface area (Å²) in [5.74, 6) is 2.34. The third-order valence-corrected chi connectivity index (χ3v) is 2.18. The summed E-state index contributed by atoms with van der Waals surface area (Å²) in [5, 5.41) is 5.68. The number of rotatable bonds is 4. The molecule has 84 valence electrons. The Morgan fingerprint density at radius 1 is 1.44 bits per heavy atom. The predicted molar refractivity (Wildman–Crippen MR) is 66.2 cm³/mol. The highest BCUT2D eigenvalue weighted by Gasteiger charge is 2.03. The number of terminal acetylenes is 1. The van der Waals surface area contributed by atoms with Crippen molar-refractivity contribution in [3.05, 3.63) is 29.3 Å². The molecule has 0 saturated carbocycles. The van der Waals surface area contributed by atoms with Crippen LogP contribution in [0.2, 0.25) is 0 Å². The number of anilines is 1. The Balaban J connectivity index is 2.56. The zero-order valence-electron chi connectivity index (χ0n) is 9.63. The van der Waals surface area contributed by atoms with Crippen LogP contribution in [0.25, 0.3) is 0 Å². The summed E-state index contributed by atoms with van der Waals surface area (Å²) in [7, 11) is 0. The molecule has 0 radical (unpaired) electrons. The van der Waals surface area contributed by atoms with Crippen LogP contribution in [0.5, 0.6) is 0 Å². The van der Waals surface area contributed by atoms with Crippen molar-refractivity contribution in [1.29, 1.82) is 0 Å². The van der Waals surface area contributed by atoms with Crippen molar-refractivity contribution in [3.8, 4) is 12.3 Å². The van der Waals surface area contributed by atoms with E-state index < -0.39 is 0 Å². The van der Waals surface area contributed by atoms with Crippen molar-refractivity contribution in [2.75, 3.05) is 18.4 Å². The molecule has 3 heteroatoms. The van der Waals surface area contributed by atoms with Crippen molar-refractivity contribution < 1.29 is 4.79 Å². The lowest BCUT2D eigenvalue weighted by atomic mass is 10.1. The van der Waals surface area contributed by atoms with Crippen LogP contribution in [0.3, 0.4) is 0 Å². The number of benzene rings is 1. The second-order valence-corrected chi connectivity index (χ2v) is 3.67. The minimum Gasteiger partial charge on any atom is -0.325 e. The van der Waals surface area contributed by atoms with E-state index in [4.69, 9.17) is 6.42 Å². The number of hydrogen-bond donors (Lipinski definition) is 2. The van der Waals surface area contributed by atoms with E-state index in [1.165, 1.54) is 0 Å². The Morgan fingerprint density at radius 3 is 2.88 bits per heavy atom. The van der Waals surface area contributed by atoms with Crippen LogP contribution in [-0.4, -0.2) is 19.0 Å². The average molecular weight is 216 g/mol. The highest BCUT2D eigenvalue weighted by Crippen LogP contribution is 2.15. The van der Waals surface area contributed by atoms with Gasteiger partial charge in [0.1, 0.15) is 0 Å². The molecule has 0 heterocycles. The van der Waals surface area contributed by atoms with Gasteiger partial charge in [0.25, 0.3) is 0 Å². The number of amides is 1. The summed E-state index contributed by atoms with van der Waals surface area (Å²) >= 11 is 0. The maximum Gasteiger partial charge on any atom is 0.238 e. The van der Waals surface area contributed by atoms with Gasteiger partial charge >= 0.3 is 0 Å². The van der Waals surface area contributed by atoms with E-state index >= 15 is 0 Å². The fourth-order valence-corrected chi connectivity index (χ4v) is 1.31. The summed E-state index contributed by atoms with van der Waals surface area (Å²) in [5.41, 5.74) is 3.03. The lowest BCUT2D eigenvalue weighted by molar-refractivity contribution is -0.115. The Bertz CT molecular complexity index is 418. The molecule has 1 aromatic carbocycles. The molecule has 0 aliphatic carbocycles. The summed E-state index contributed by atoms with van der Waals surface area (Å²) in [6.07, 6.45) is 5.07. The van der Waals surface area contributed by atoms with E-state index in [-0.39, 0.29) is 12.5 Å². The second-order valence-electron chi connectivity index (χ2n) is 3.67. The van der Waals surface area contributed by atoms with Gasteiger partial charge in [-0.15, -0.1) is 6.42 Å². The number of carbonyl (C=O) groups excluding carboxylic acids is 1. The first kappa shape index (κ1) is 12.3. The number of nitrogens with one attached hydrogen (secondary N) is 2. The molecular formula is C13H16N2O. The highest BCUT2D eigenvalue weighted by atomic mass is 16.1. The van der Waals surface area contributed by atoms with E-state index in [9.17, 15) is 4.79 Å². The molecule has 0 atom stereocenters. The minimum atomic E-state index is -0.0797. The Kier molecular flexibility index (Phi) is 4.56. The molecule has 3 nitrogen and oxygen atoms in total. The van der Waals surface area contributed by atoms with Gasteiger partial charge in [-0.25, -0.2) is 0 Å². The van der Waals surface area contributed by atoms with Crippen LogP contribution in [0, 0.1) is 26.2 Å². The zero-order chi connectivity index (χ0) is 12.0. The highest BCUT2D eigenvalue weighted by molar-refractivity contribution is 5.93. The summed E-state index contributed by atoms with van der Waals surface area (Å²) in [6.45, 7) is 4.59. The van der Waals surface area contributed by atoms with Gasteiger partial charge in [0, 0.05) is 5.69 Å². The molecule has 0 bridgehead atoms. The van der Waals surface area contributed by atoms with Gasteiger partial charge in [-0.2, -0.15) is 0 Å². The Hall–Kier alpha value is -1.79. The van der Waals surface area contributed by atoms with Crippen molar-refractivity contribution in [2.24, 2.45) is 0 Å². The van der Waals surface area contributed by atoms with E-state index in [0.717, 1.165) is 16.8 Å². The topological polar surface area (TPSA) is 41.1 Å². The van der Waals surface area contributed by atoms with E-state index in [1.54, 1.807) is 0 Å². The SMILES string of the molecule is C#CCNCC(=O)Nc1cc(C)ccc1C. The van der Waals surface area contributed by atoms with Crippen molar-refractivity contribution >= 4 is 11.6 Å². The van der Waals surface area contributed by atoms with E-state index in [2.05, 4.69) is 16.6 Å². The average Bonchev–Trinajstić information content (AvgIpc) is 2.24. The molecule has 0 spiro atoms.